The quantitative estimate of drug-likeness (QED) is 0.494. The van der Waals surface area contributed by atoms with Gasteiger partial charge in [-0.3, -0.25) is 9.78 Å². The van der Waals surface area contributed by atoms with Crippen LogP contribution in [-0.4, -0.2) is 26.3 Å². The summed E-state index contributed by atoms with van der Waals surface area (Å²) in [7, 11) is 4.56. The van der Waals surface area contributed by atoms with E-state index in [-0.39, 0.29) is 11.2 Å². The third-order valence-electron chi connectivity index (χ3n) is 4.51. The van der Waals surface area contributed by atoms with Crippen LogP contribution in [0.3, 0.4) is 0 Å². The molecular weight excluding hydrogens is 365 g/mol. The van der Waals surface area contributed by atoms with Crippen molar-refractivity contribution < 1.29 is 23.0 Å². The van der Waals surface area contributed by atoms with E-state index in [0.29, 0.717) is 44.6 Å². The fourth-order valence-corrected chi connectivity index (χ4v) is 3.25. The van der Waals surface area contributed by atoms with Gasteiger partial charge in [-0.15, -0.1) is 0 Å². The Bertz CT molecular complexity index is 1270. The molecule has 0 fully saturated rings. The molecule has 0 amide bonds. The molecule has 142 valence electrons. The number of methoxy groups -OCH3 is 3. The van der Waals surface area contributed by atoms with Crippen molar-refractivity contribution >= 4 is 21.7 Å². The number of rotatable bonds is 4. The number of fused-ring (bicyclic) bond motifs is 3. The molecule has 0 unspecified atom stereocenters. The molecule has 2 heterocycles. The first-order valence-corrected chi connectivity index (χ1v) is 8.37. The molecule has 0 bridgehead atoms. The number of aromatic nitrogens is 1. The van der Waals surface area contributed by atoms with Crippen molar-refractivity contribution in [3.63, 3.8) is 0 Å². The lowest BCUT2D eigenvalue weighted by Gasteiger charge is -2.15. The van der Waals surface area contributed by atoms with E-state index in [1.165, 1.54) is 39.7 Å². The first-order valence-electron chi connectivity index (χ1n) is 8.37. The molecule has 0 saturated carbocycles. The zero-order valence-electron chi connectivity index (χ0n) is 15.4. The smallest absolute Gasteiger partial charge is 0.193 e. The van der Waals surface area contributed by atoms with Gasteiger partial charge in [-0.1, -0.05) is 0 Å². The topological polar surface area (TPSA) is 70.8 Å². The summed E-state index contributed by atoms with van der Waals surface area (Å²) in [4.78, 5) is 16.6. The van der Waals surface area contributed by atoms with Crippen LogP contribution in [0.1, 0.15) is 0 Å². The standard InChI is InChI=1S/C21H16FNO5/c1-25-15-4-5-16(26-2)20-19(15)18(27-3)7-13-14(24)8-17(28-21(13)20)11-6-12(22)10-23-9-11/h4-10H,1-3H3. The van der Waals surface area contributed by atoms with Gasteiger partial charge in [0.25, 0.3) is 0 Å². The molecule has 0 aliphatic rings. The molecule has 4 rings (SSSR count). The number of hydrogen-bond donors (Lipinski definition) is 0. The normalized spacial score (nSPS) is 11.0. The number of benzene rings is 2. The molecule has 0 radical (unpaired) electrons. The van der Waals surface area contributed by atoms with E-state index in [2.05, 4.69) is 4.98 Å². The second-order valence-corrected chi connectivity index (χ2v) is 6.04. The molecule has 0 atom stereocenters. The molecule has 0 aliphatic carbocycles. The molecule has 2 aromatic carbocycles. The fraction of sp³-hybridized carbons (Fsp3) is 0.143. The van der Waals surface area contributed by atoms with E-state index < -0.39 is 5.82 Å². The maximum Gasteiger partial charge on any atom is 0.193 e. The van der Waals surface area contributed by atoms with Crippen molar-refractivity contribution in [2.75, 3.05) is 21.3 Å². The average molecular weight is 381 g/mol. The highest BCUT2D eigenvalue weighted by molar-refractivity contribution is 6.13. The Kier molecular flexibility index (Phi) is 4.35. The van der Waals surface area contributed by atoms with Gasteiger partial charge in [0.2, 0.25) is 0 Å². The minimum Gasteiger partial charge on any atom is -0.496 e. The predicted molar refractivity (Wildman–Crippen MR) is 103 cm³/mol. The summed E-state index contributed by atoms with van der Waals surface area (Å²) in [5.74, 6) is 1.14. The van der Waals surface area contributed by atoms with Crippen LogP contribution >= 0.6 is 0 Å². The van der Waals surface area contributed by atoms with Crippen molar-refractivity contribution in [3.8, 4) is 28.6 Å². The van der Waals surface area contributed by atoms with Gasteiger partial charge in [-0.2, -0.15) is 0 Å². The number of pyridine rings is 1. The number of nitrogens with zero attached hydrogens (tertiary/aromatic N) is 1. The largest absolute Gasteiger partial charge is 0.496 e. The summed E-state index contributed by atoms with van der Waals surface area (Å²) in [6.45, 7) is 0. The van der Waals surface area contributed by atoms with Gasteiger partial charge in [0, 0.05) is 17.8 Å². The number of ether oxygens (including phenoxy) is 3. The van der Waals surface area contributed by atoms with Gasteiger partial charge in [0.05, 0.1) is 43.7 Å². The summed E-state index contributed by atoms with van der Waals surface area (Å²) in [5.41, 5.74) is 0.341. The maximum atomic E-state index is 13.6. The van der Waals surface area contributed by atoms with Crippen LogP contribution in [0.2, 0.25) is 0 Å². The van der Waals surface area contributed by atoms with E-state index in [4.69, 9.17) is 18.6 Å². The fourth-order valence-electron chi connectivity index (χ4n) is 3.25. The van der Waals surface area contributed by atoms with Crippen LogP contribution in [0.25, 0.3) is 33.1 Å². The lowest BCUT2D eigenvalue weighted by molar-refractivity contribution is 0.400. The molecule has 4 aromatic rings. The van der Waals surface area contributed by atoms with Crippen molar-refractivity contribution in [2.45, 2.75) is 0 Å². The molecule has 0 saturated heterocycles. The van der Waals surface area contributed by atoms with Crippen LogP contribution in [0.5, 0.6) is 17.2 Å². The molecule has 2 aromatic heterocycles. The second-order valence-electron chi connectivity index (χ2n) is 6.04. The highest BCUT2D eigenvalue weighted by atomic mass is 19.1. The molecule has 0 N–H and O–H groups in total. The zero-order chi connectivity index (χ0) is 19.8. The predicted octanol–water partition coefficient (Wildman–Crippen LogP) is 4.17. The molecule has 28 heavy (non-hydrogen) atoms. The number of hydrogen-bond acceptors (Lipinski definition) is 6. The van der Waals surface area contributed by atoms with Crippen molar-refractivity contribution in [3.05, 3.63) is 58.8 Å². The zero-order valence-corrected chi connectivity index (χ0v) is 15.4. The van der Waals surface area contributed by atoms with Crippen LogP contribution in [0, 0.1) is 5.82 Å². The van der Waals surface area contributed by atoms with Gasteiger partial charge >= 0.3 is 0 Å². The Labute approximate surface area is 159 Å². The van der Waals surface area contributed by atoms with E-state index in [1.54, 1.807) is 18.2 Å². The van der Waals surface area contributed by atoms with Crippen LogP contribution < -0.4 is 19.6 Å². The highest BCUT2D eigenvalue weighted by Gasteiger charge is 2.20. The average Bonchev–Trinajstić information content (AvgIpc) is 2.72. The van der Waals surface area contributed by atoms with Crippen molar-refractivity contribution in [1.29, 1.82) is 0 Å². The Morgan fingerprint density at radius 1 is 0.893 bits per heavy atom. The molecule has 0 spiro atoms. The first-order chi connectivity index (χ1) is 13.6. The van der Waals surface area contributed by atoms with Gasteiger partial charge in [-0.25, -0.2) is 4.39 Å². The Balaban J connectivity index is 2.19. The Morgan fingerprint density at radius 3 is 2.21 bits per heavy atom. The summed E-state index contributed by atoms with van der Waals surface area (Å²) in [6.07, 6.45) is 2.51. The van der Waals surface area contributed by atoms with Crippen LogP contribution in [0.15, 0.2) is 51.9 Å². The van der Waals surface area contributed by atoms with Gasteiger partial charge < -0.3 is 18.6 Å². The molecule has 0 aliphatic heterocycles. The third-order valence-corrected chi connectivity index (χ3v) is 4.51. The van der Waals surface area contributed by atoms with Gasteiger partial charge in [0.15, 0.2) is 11.0 Å². The summed E-state index contributed by atoms with van der Waals surface area (Å²) in [5, 5.41) is 1.44. The first kappa shape index (κ1) is 17.8. The number of halogens is 1. The van der Waals surface area contributed by atoms with Crippen molar-refractivity contribution in [1.82, 2.24) is 4.98 Å². The minimum absolute atomic E-state index is 0.195. The van der Waals surface area contributed by atoms with Gasteiger partial charge in [0.1, 0.15) is 28.8 Å². The van der Waals surface area contributed by atoms with Crippen molar-refractivity contribution in [2.24, 2.45) is 0 Å². The lowest BCUT2D eigenvalue weighted by atomic mass is 10.0. The van der Waals surface area contributed by atoms with Crippen LogP contribution in [-0.2, 0) is 0 Å². The van der Waals surface area contributed by atoms with E-state index in [9.17, 15) is 9.18 Å². The maximum absolute atomic E-state index is 13.6. The Morgan fingerprint density at radius 2 is 1.57 bits per heavy atom. The summed E-state index contributed by atoms with van der Waals surface area (Å²) in [6, 6.07) is 7.61. The Hall–Kier alpha value is -3.61. The highest BCUT2D eigenvalue weighted by Crippen LogP contribution is 2.43. The lowest BCUT2D eigenvalue weighted by Crippen LogP contribution is -2.03. The molecular formula is C21H16FNO5. The van der Waals surface area contributed by atoms with E-state index in [0.717, 1.165) is 6.20 Å². The molecule has 7 heteroatoms. The summed E-state index contributed by atoms with van der Waals surface area (Å²) >= 11 is 0. The van der Waals surface area contributed by atoms with E-state index >= 15 is 0 Å². The third kappa shape index (κ3) is 2.72. The molecule has 6 nitrogen and oxygen atoms in total. The van der Waals surface area contributed by atoms with E-state index in [1.807, 2.05) is 0 Å². The monoisotopic (exact) mass is 381 g/mol. The summed E-state index contributed by atoms with van der Waals surface area (Å²) < 4.78 is 36.1. The van der Waals surface area contributed by atoms with Crippen LogP contribution in [0.4, 0.5) is 4.39 Å². The second kappa shape index (κ2) is 6.84. The SMILES string of the molecule is COc1ccc(OC)c2c1c(OC)cc1c(=O)cc(-c3cncc(F)c3)oc12. The van der Waals surface area contributed by atoms with Gasteiger partial charge in [-0.05, 0) is 24.3 Å². The minimum atomic E-state index is -0.529.